The predicted octanol–water partition coefficient (Wildman–Crippen LogP) is -0.437. The third kappa shape index (κ3) is 1510. The van der Waals surface area contributed by atoms with Crippen LogP contribution in [-0.2, 0) is 4.57 Å². The van der Waals surface area contributed by atoms with E-state index in [9.17, 15) is 0 Å². The molecule has 0 atom stereocenters. The maximum atomic E-state index is 8.88. The smallest absolute Gasteiger partial charge is 0.303 e. The van der Waals surface area contributed by atoms with Crippen LogP contribution < -0.4 is 0 Å². The van der Waals surface area contributed by atoms with Gasteiger partial charge in [0.2, 0.25) is 0 Å². The Balaban J connectivity index is -0.0000000800. The highest BCUT2D eigenvalue weighted by Crippen LogP contribution is 2.25. The first-order valence-corrected chi connectivity index (χ1v) is 2.35. The normalized spacial score (nSPS) is 11.8. The molecule has 0 fully saturated rings. The predicted molar refractivity (Wildman–Crippen MR) is 18.5 cm³/mol. The van der Waals surface area contributed by atoms with Crippen LogP contribution >= 0.6 is 7.82 Å². The Morgan fingerprint density at radius 1 is 1.40 bits per heavy atom. The van der Waals surface area contributed by atoms with E-state index < -0.39 is 7.82 Å². The Morgan fingerprint density at radius 2 is 1.40 bits per heavy atom. The second-order valence-corrected chi connectivity index (χ2v) is 1.54. The first-order valence-electron chi connectivity index (χ1n) is 0.783. The zero-order valence-electron chi connectivity index (χ0n) is 2.20. The van der Waals surface area contributed by atoms with Crippen LogP contribution in [0.15, 0.2) is 0 Å². The molecule has 0 amide bonds. The summed E-state index contributed by atoms with van der Waals surface area (Å²) in [6.07, 6.45) is 0. The summed E-state index contributed by atoms with van der Waals surface area (Å²) in [5.74, 6) is 0. The summed E-state index contributed by atoms with van der Waals surface area (Å²) in [4.78, 5) is 21.6. The van der Waals surface area contributed by atoms with E-state index in [1.807, 2.05) is 0 Å². The van der Waals surface area contributed by atoms with Crippen molar-refractivity contribution in [3.63, 3.8) is 0 Å². The molecule has 3 N–H and O–H groups in total. The van der Waals surface area contributed by atoms with Crippen LogP contribution in [0.1, 0.15) is 2.85 Å². The van der Waals surface area contributed by atoms with E-state index in [0.717, 1.165) is 0 Å². The molecule has 0 rings (SSSR count). The molecule has 0 aromatic heterocycles. The molecule has 5 heteroatoms. The highest BCUT2D eigenvalue weighted by molar-refractivity contribution is 7.45. The van der Waals surface area contributed by atoms with E-state index in [2.05, 4.69) is 0 Å². The number of rotatable bonds is 0. The minimum atomic E-state index is -4.64. The van der Waals surface area contributed by atoms with Gasteiger partial charge >= 0.3 is 7.82 Å². The van der Waals surface area contributed by atoms with E-state index in [-0.39, 0.29) is 2.85 Å². The van der Waals surface area contributed by atoms with E-state index in [1.54, 1.807) is 0 Å². The van der Waals surface area contributed by atoms with E-state index in [4.69, 9.17) is 19.2 Å². The van der Waals surface area contributed by atoms with Crippen molar-refractivity contribution in [1.29, 1.82) is 0 Å². The van der Waals surface area contributed by atoms with Crippen LogP contribution in [-0.4, -0.2) is 14.7 Å². The average Bonchev–Trinajstić information content (AvgIpc) is 0.722. The number of hydrogen-bond donors (Lipinski definition) is 3. The lowest BCUT2D eigenvalue weighted by Crippen LogP contribution is -1.66. The molecular formula is H7O4P. The molecular weight excluding hydrogens is 95.0 g/mol. The van der Waals surface area contributed by atoms with Gasteiger partial charge in [-0.3, -0.25) is 0 Å². The van der Waals surface area contributed by atoms with Crippen molar-refractivity contribution in [2.24, 2.45) is 0 Å². The monoisotopic (exact) mass is 102 g/mol. The van der Waals surface area contributed by atoms with Gasteiger partial charge < -0.3 is 14.7 Å². The summed E-state index contributed by atoms with van der Waals surface area (Å²) < 4.78 is 8.88. The summed E-state index contributed by atoms with van der Waals surface area (Å²) >= 11 is 0. The van der Waals surface area contributed by atoms with E-state index in [0.29, 0.717) is 0 Å². The van der Waals surface area contributed by atoms with Gasteiger partial charge in [0, 0.05) is 2.85 Å². The second kappa shape index (κ2) is 1.06. The van der Waals surface area contributed by atoms with Gasteiger partial charge in [-0.1, -0.05) is 0 Å². The van der Waals surface area contributed by atoms with Gasteiger partial charge in [0.15, 0.2) is 0 Å². The first kappa shape index (κ1) is 5.11. The molecule has 4 nitrogen and oxygen atoms in total. The molecule has 5 heavy (non-hydrogen) atoms. The Labute approximate surface area is 31.3 Å². The molecule has 36 valence electrons. The van der Waals surface area contributed by atoms with Crippen molar-refractivity contribution in [2.45, 2.75) is 0 Å². The lowest BCUT2D eigenvalue weighted by molar-refractivity contribution is 0.275. The quantitative estimate of drug-likeness (QED) is 0.362. The van der Waals surface area contributed by atoms with Crippen LogP contribution in [0.5, 0.6) is 0 Å². The Morgan fingerprint density at radius 3 is 1.40 bits per heavy atom. The van der Waals surface area contributed by atoms with Crippen LogP contribution in [0.2, 0.25) is 0 Å². The number of phosphoric acid groups is 1. The first-order chi connectivity index (χ1) is 2.00. The summed E-state index contributed by atoms with van der Waals surface area (Å²) in [6, 6.07) is 0. The molecule has 0 bridgehead atoms. The van der Waals surface area contributed by atoms with Crippen molar-refractivity contribution in [2.75, 3.05) is 0 Å². The van der Waals surface area contributed by atoms with Gasteiger partial charge in [0.1, 0.15) is 0 Å². The zero-order chi connectivity index (χ0) is 4.50. The van der Waals surface area contributed by atoms with Crippen molar-refractivity contribution in [1.82, 2.24) is 0 Å². The molecule has 0 aromatic rings. The molecule has 0 saturated carbocycles. The molecule has 0 heterocycles. The highest BCUT2D eigenvalue weighted by Gasteiger charge is 2.00. The maximum Gasteiger partial charge on any atom is 0.466 e. The summed E-state index contributed by atoms with van der Waals surface area (Å²) in [5.41, 5.74) is 0. The lowest BCUT2D eigenvalue weighted by atomic mass is 15.8. The van der Waals surface area contributed by atoms with Crippen LogP contribution in [0.3, 0.4) is 0 Å². The Hall–Kier alpha value is 0.110. The molecule has 0 aliphatic heterocycles. The van der Waals surface area contributed by atoms with Crippen molar-refractivity contribution < 1.29 is 22.1 Å². The third-order valence-corrected chi connectivity index (χ3v) is 0. The average molecular weight is 102 g/mol. The van der Waals surface area contributed by atoms with E-state index >= 15 is 0 Å². The molecule has 0 spiro atoms. The lowest BCUT2D eigenvalue weighted by Gasteiger charge is -1.82. The Kier molecular flexibility index (Phi) is 1.09. The largest absolute Gasteiger partial charge is 0.466 e. The summed E-state index contributed by atoms with van der Waals surface area (Å²) in [6.45, 7) is 0. The third-order valence-electron chi connectivity index (χ3n) is 0. The number of hydrogen-bond acceptors (Lipinski definition) is 1. The molecule has 0 aliphatic carbocycles. The van der Waals surface area contributed by atoms with Crippen molar-refractivity contribution in [3.05, 3.63) is 0 Å². The molecule has 0 aliphatic rings. The maximum absolute atomic E-state index is 8.88. The van der Waals surface area contributed by atoms with Gasteiger partial charge in [0.25, 0.3) is 0 Å². The molecule has 0 saturated heterocycles. The molecule has 0 aromatic carbocycles. The van der Waals surface area contributed by atoms with Gasteiger partial charge in [-0.05, 0) is 0 Å². The van der Waals surface area contributed by atoms with Crippen LogP contribution in [0.25, 0.3) is 0 Å². The highest BCUT2D eigenvalue weighted by atomic mass is 31.2. The van der Waals surface area contributed by atoms with Gasteiger partial charge in [0.05, 0.1) is 0 Å². The van der Waals surface area contributed by atoms with E-state index in [1.165, 1.54) is 0 Å². The topological polar surface area (TPSA) is 77.8 Å². The fourth-order valence-corrected chi connectivity index (χ4v) is 0. The van der Waals surface area contributed by atoms with Crippen molar-refractivity contribution in [3.8, 4) is 0 Å². The van der Waals surface area contributed by atoms with Gasteiger partial charge in [-0.15, -0.1) is 0 Å². The summed E-state index contributed by atoms with van der Waals surface area (Å²) in [7, 11) is -4.64. The minimum absolute atomic E-state index is 0. The molecule has 0 radical (unpaired) electrons. The van der Waals surface area contributed by atoms with Gasteiger partial charge in [-0.25, -0.2) is 4.57 Å². The fourth-order valence-electron chi connectivity index (χ4n) is 0. The fraction of sp³-hybridized carbons (Fsp3) is 0. The van der Waals surface area contributed by atoms with Crippen LogP contribution in [0, 0.1) is 0 Å². The van der Waals surface area contributed by atoms with Crippen LogP contribution in [0.4, 0.5) is 0 Å². The minimum Gasteiger partial charge on any atom is -0.303 e. The summed E-state index contributed by atoms with van der Waals surface area (Å²) in [5, 5.41) is 0. The Bertz CT molecular complexity index is 55.8. The molecule has 0 unspecified atom stereocenters. The van der Waals surface area contributed by atoms with Crippen molar-refractivity contribution >= 4 is 7.82 Å². The standard InChI is InChI=1S/H3O4P.2H2/c1-5(2,3)4;;/h(H3,1,2,3,4);2*1H. The van der Waals surface area contributed by atoms with Gasteiger partial charge in [-0.2, -0.15) is 0 Å². The zero-order valence-corrected chi connectivity index (χ0v) is 3.09. The second-order valence-electron chi connectivity index (χ2n) is 0.513. The SMILES string of the molecule is O=P(O)(O)O.[HH].[HH].